The van der Waals surface area contributed by atoms with Crippen LogP contribution in [0.3, 0.4) is 0 Å². The molecule has 1 fully saturated rings. The number of thiazole rings is 1. The maximum Gasteiger partial charge on any atom is 0.301 e. The predicted molar refractivity (Wildman–Crippen MR) is 145 cm³/mol. The fourth-order valence-electron chi connectivity index (χ4n) is 4.42. The maximum atomic E-state index is 13.4. The highest BCUT2D eigenvalue weighted by atomic mass is 32.1. The molecule has 1 amide bonds. The zero-order valence-electron chi connectivity index (χ0n) is 20.8. The SMILES string of the molecule is CC(=O)c1sc(N2C(=O)C(=O)C(=C(O)c3ccccc3)C2c2cccc(OCc3ccccc3)c2)nc1C. The van der Waals surface area contributed by atoms with Crippen LogP contribution >= 0.6 is 11.3 Å². The summed E-state index contributed by atoms with van der Waals surface area (Å²) in [5.41, 5.74) is 2.37. The van der Waals surface area contributed by atoms with Crippen molar-refractivity contribution in [1.82, 2.24) is 4.98 Å². The van der Waals surface area contributed by atoms with Crippen LogP contribution < -0.4 is 9.64 Å². The molecule has 0 saturated carbocycles. The number of rotatable bonds is 7. The lowest BCUT2D eigenvalue weighted by atomic mass is 9.95. The van der Waals surface area contributed by atoms with Crippen LogP contribution in [-0.4, -0.2) is 27.6 Å². The Labute approximate surface area is 223 Å². The topological polar surface area (TPSA) is 96.8 Å². The number of ether oxygens (including phenoxy) is 1. The van der Waals surface area contributed by atoms with Gasteiger partial charge in [0.15, 0.2) is 10.9 Å². The van der Waals surface area contributed by atoms with E-state index in [0.29, 0.717) is 34.1 Å². The van der Waals surface area contributed by atoms with Crippen LogP contribution in [-0.2, 0) is 16.2 Å². The number of ketones is 2. The molecule has 190 valence electrons. The molecule has 0 aliphatic carbocycles. The number of benzene rings is 3. The normalized spacial score (nSPS) is 16.6. The third kappa shape index (κ3) is 4.73. The van der Waals surface area contributed by atoms with Crippen molar-refractivity contribution < 1.29 is 24.2 Å². The van der Waals surface area contributed by atoms with Crippen LogP contribution in [0.4, 0.5) is 5.13 Å². The van der Waals surface area contributed by atoms with Gasteiger partial charge in [0.25, 0.3) is 5.78 Å². The van der Waals surface area contributed by atoms with Crippen molar-refractivity contribution in [3.05, 3.63) is 118 Å². The molecule has 0 spiro atoms. The van der Waals surface area contributed by atoms with Crippen molar-refractivity contribution in [2.24, 2.45) is 0 Å². The van der Waals surface area contributed by atoms with E-state index >= 15 is 0 Å². The van der Waals surface area contributed by atoms with Gasteiger partial charge in [-0.25, -0.2) is 4.98 Å². The second kappa shape index (κ2) is 10.4. The van der Waals surface area contributed by atoms with Gasteiger partial charge in [-0.15, -0.1) is 0 Å². The largest absolute Gasteiger partial charge is 0.507 e. The number of aliphatic hydroxyl groups excluding tert-OH is 1. The van der Waals surface area contributed by atoms with E-state index in [4.69, 9.17) is 4.74 Å². The summed E-state index contributed by atoms with van der Waals surface area (Å²) in [6.45, 7) is 3.45. The van der Waals surface area contributed by atoms with Crippen LogP contribution in [0.15, 0.2) is 90.5 Å². The molecule has 1 aliphatic rings. The fourth-order valence-corrected chi connectivity index (χ4v) is 5.41. The van der Waals surface area contributed by atoms with Crippen LogP contribution in [0.1, 0.15) is 45.0 Å². The van der Waals surface area contributed by atoms with Crippen LogP contribution in [0, 0.1) is 6.92 Å². The molecule has 1 atom stereocenters. The summed E-state index contributed by atoms with van der Waals surface area (Å²) in [6, 6.07) is 24.4. The van der Waals surface area contributed by atoms with Gasteiger partial charge in [-0.1, -0.05) is 84.1 Å². The van der Waals surface area contributed by atoms with E-state index in [1.807, 2.05) is 30.3 Å². The summed E-state index contributed by atoms with van der Waals surface area (Å²) < 4.78 is 6.00. The molecule has 8 heteroatoms. The Morgan fingerprint density at radius 2 is 1.68 bits per heavy atom. The summed E-state index contributed by atoms with van der Waals surface area (Å²) in [5.74, 6) is -1.58. The van der Waals surface area contributed by atoms with E-state index in [9.17, 15) is 19.5 Å². The molecule has 2 heterocycles. The third-order valence-electron chi connectivity index (χ3n) is 6.22. The second-order valence-corrected chi connectivity index (χ2v) is 9.83. The van der Waals surface area contributed by atoms with Gasteiger partial charge < -0.3 is 9.84 Å². The van der Waals surface area contributed by atoms with Gasteiger partial charge in [-0.05, 0) is 30.2 Å². The van der Waals surface area contributed by atoms with Crippen molar-refractivity contribution in [3.63, 3.8) is 0 Å². The van der Waals surface area contributed by atoms with Crippen LogP contribution in [0.5, 0.6) is 5.75 Å². The number of hydrogen-bond donors (Lipinski definition) is 1. The summed E-state index contributed by atoms with van der Waals surface area (Å²) in [4.78, 5) is 45.0. The number of nitrogens with zero attached hydrogens (tertiary/aromatic N) is 2. The molecule has 1 saturated heterocycles. The number of hydrogen-bond acceptors (Lipinski definition) is 7. The van der Waals surface area contributed by atoms with Crippen molar-refractivity contribution in [2.75, 3.05) is 4.90 Å². The molecule has 0 bridgehead atoms. The highest BCUT2D eigenvalue weighted by Crippen LogP contribution is 2.44. The Balaban J connectivity index is 1.62. The minimum Gasteiger partial charge on any atom is -0.507 e. The number of aliphatic hydroxyl groups is 1. The van der Waals surface area contributed by atoms with E-state index in [-0.39, 0.29) is 22.2 Å². The van der Waals surface area contributed by atoms with E-state index in [2.05, 4.69) is 4.98 Å². The van der Waals surface area contributed by atoms with E-state index in [0.717, 1.165) is 16.9 Å². The van der Waals surface area contributed by atoms with Gasteiger partial charge in [-0.2, -0.15) is 0 Å². The first-order chi connectivity index (χ1) is 18.3. The van der Waals surface area contributed by atoms with Gasteiger partial charge in [0.2, 0.25) is 0 Å². The molecule has 7 nitrogen and oxygen atoms in total. The first kappa shape index (κ1) is 25.1. The number of aryl methyl sites for hydroxylation is 1. The minimum atomic E-state index is -0.971. The van der Waals surface area contributed by atoms with Gasteiger partial charge >= 0.3 is 5.91 Å². The first-order valence-electron chi connectivity index (χ1n) is 12.0. The molecule has 1 N–H and O–H groups in total. The zero-order valence-corrected chi connectivity index (χ0v) is 21.6. The van der Waals surface area contributed by atoms with Crippen molar-refractivity contribution in [3.8, 4) is 5.75 Å². The second-order valence-electron chi connectivity index (χ2n) is 8.85. The molecule has 0 radical (unpaired) electrons. The van der Waals surface area contributed by atoms with Gasteiger partial charge in [0.05, 0.1) is 22.2 Å². The number of aromatic nitrogens is 1. The summed E-state index contributed by atoms with van der Waals surface area (Å²) in [6.07, 6.45) is 0. The lowest BCUT2D eigenvalue weighted by molar-refractivity contribution is -0.132. The minimum absolute atomic E-state index is 0.0568. The van der Waals surface area contributed by atoms with Gasteiger partial charge in [0, 0.05) is 12.5 Å². The Hall–Kier alpha value is -4.56. The van der Waals surface area contributed by atoms with E-state index in [1.165, 1.54) is 11.8 Å². The average Bonchev–Trinajstić information content (AvgIpc) is 3.45. The summed E-state index contributed by atoms with van der Waals surface area (Å²) in [5, 5.41) is 11.5. The van der Waals surface area contributed by atoms with E-state index in [1.54, 1.807) is 61.5 Å². The lowest BCUT2D eigenvalue weighted by Gasteiger charge is -2.23. The molecule has 1 unspecified atom stereocenters. The molecule has 38 heavy (non-hydrogen) atoms. The number of carbonyl (C=O) groups excluding carboxylic acids is 3. The fraction of sp³-hybridized carbons (Fsp3) is 0.133. The quantitative estimate of drug-likeness (QED) is 0.141. The molecule has 3 aromatic carbocycles. The van der Waals surface area contributed by atoms with E-state index < -0.39 is 17.7 Å². The number of carbonyl (C=O) groups is 3. The molecule has 5 rings (SSSR count). The van der Waals surface area contributed by atoms with Crippen molar-refractivity contribution in [1.29, 1.82) is 0 Å². The average molecular weight is 525 g/mol. The smallest absolute Gasteiger partial charge is 0.301 e. The zero-order chi connectivity index (χ0) is 26.8. The molecule has 1 aliphatic heterocycles. The number of anilines is 1. The first-order valence-corrected chi connectivity index (χ1v) is 12.8. The summed E-state index contributed by atoms with van der Waals surface area (Å²) >= 11 is 1.05. The number of amides is 1. The van der Waals surface area contributed by atoms with Gasteiger partial charge in [0.1, 0.15) is 18.1 Å². The van der Waals surface area contributed by atoms with Crippen LogP contribution in [0.2, 0.25) is 0 Å². The standard InChI is InChI=1S/C30H24N2O5S/c1-18-28(19(2)33)38-30(31-18)32-25(24(27(35)29(32)36)26(34)21-12-7-4-8-13-21)22-14-9-15-23(16-22)37-17-20-10-5-3-6-11-20/h3-16,25,34H,17H2,1-2H3. The van der Waals surface area contributed by atoms with Crippen molar-refractivity contribution in [2.45, 2.75) is 26.5 Å². The third-order valence-corrected chi connectivity index (χ3v) is 7.48. The Kier molecular flexibility index (Phi) is 6.89. The monoisotopic (exact) mass is 524 g/mol. The van der Waals surface area contributed by atoms with Crippen LogP contribution in [0.25, 0.3) is 5.76 Å². The Bertz CT molecular complexity index is 1560. The molecule has 4 aromatic rings. The van der Waals surface area contributed by atoms with Crippen molar-refractivity contribution >= 4 is 39.7 Å². The lowest BCUT2D eigenvalue weighted by Crippen LogP contribution is -2.29. The predicted octanol–water partition coefficient (Wildman–Crippen LogP) is 5.86. The Morgan fingerprint density at radius 1 is 1.00 bits per heavy atom. The molecule has 1 aromatic heterocycles. The highest BCUT2D eigenvalue weighted by Gasteiger charge is 2.48. The number of Topliss-reactive ketones (excluding diaryl/α,β-unsaturated/α-hetero) is 2. The highest BCUT2D eigenvalue weighted by molar-refractivity contribution is 7.18. The molecular formula is C30H24N2O5S. The van der Waals surface area contributed by atoms with Gasteiger partial charge in [-0.3, -0.25) is 19.3 Å². The maximum absolute atomic E-state index is 13.4. The molecular weight excluding hydrogens is 500 g/mol. The summed E-state index contributed by atoms with van der Waals surface area (Å²) in [7, 11) is 0. The Morgan fingerprint density at radius 3 is 2.34 bits per heavy atom.